The molecule has 0 aliphatic heterocycles. The van der Waals surface area contributed by atoms with Crippen LogP contribution in [-0.2, 0) is 4.74 Å². The second kappa shape index (κ2) is 3.67. The lowest BCUT2D eigenvalue weighted by molar-refractivity contribution is -0.0619. The molecule has 12 heavy (non-hydrogen) atoms. The number of hydrogen-bond donors (Lipinski definition) is 0. The summed E-state index contributed by atoms with van der Waals surface area (Å²) in [5.74, 6) is 0. The van der Waals surface area contributed by atoms with Crippen molar-refractivity contribution in [2.45, 2.75) is 56.7 Å². The largest absolute Gasteiger partial charge is 0.371 e. The fourth-order valence-electron chi connectivity index (χ4n) is 2.02. The van der Waals surface area contributed by atoms with E-state index < -0.39 is 0 Å². The molecule has 2 heteroatoms. The number of alkyl halides is 1. The third-order valence-corrected chi connectivity index (χ3v) is 3.97. The molecular weight excluding hydrogens is 216 g/mol. The minimum Gasteiger partial charge on any atom is -0.371 e. The average molecular weight is 233 g/mol. The van der Waals surface area contributed by atoms with Gasteiger partial charge in [0.1, 0.15) is 0 Å². The van der Waals surface area contributed by atoms with Crippen molar-refractivity contribution >= 4 is 15.9 Å². The zero-order chi connectivity index (χ0) is 8.44. The summed E-state index contributed by atoms with van der Waals surface area (Å²) in [7, 11) is 0. The third kappa shape index (κ3) is 2.02. The Balaban J connectivity index is 1.90. The van der Waals surface area contributed by atoms with Gasteiger partial charge in [-0.25, -0.2) is 0 Å². The molecule has 0 aromatic carbocycles. The van der Waals surface area contributed by atoms with Gasteiger partial charge in [0.2, 0.25) is 0 Å². The lowest BCUT2D eigenvalue weighted by Crippen LogP contribution is -2.37. The summed E-state index contributed by atoms with van der Waals surface area (Å²) in [6.45, 7) is 0. The number of halogens is 1. The molecule has 0 aromatic rings. The zero-order valence-corrected chi connectivity index (χ0v) is 9.11. The zero-order valence-electron chi connectivity index (χ0n) is 7.52. The van der Waals surface area contributed by atoms with Crippen molar-refractivity contribution in [3.05, 3.63) is 0 Å². The molecule has 0 bridgehead atoms. The maximum atomic E-state index is 6.09. The quantitative estimate of drug-likeness (QED) is 0.680. The first-order valence-electron chi connectivity index (χ1n) is 5.08. The number of rotatable bonds is 3. The maximum absolute atomic E-state index is 6.09. The van der Waals surface area contributed by atoms with E-state index in [4.69, 9.17) is 4.74 Å². The highest BCUT2D eigenvalue weighted by Gasteiger charge is 2.37. The maximum Gasteiger partial charge on any atom is 0.0782 e. The highest BCUT2D eigenvalue weighted by molar-refractivity contribution is 9.09. The Morgan fingerprint density at radius 2 is 1.83 bits per heavy atom. The predicted octanol–water partition coefficient (Wildman–Crippen LogP) is 3.26. The fraction of sp³-hybridized carbons (Fsp3) is 1.00. The van der Waals surface area contributed by atoms with Crippen molar-refractivity contribution in [2.75, 3.05) is 5.33 Å². The lowest BCUT2D eigenvalue weighted by atomic mass is 9.86. The molecule has 0 aromatic heterocycles. The van der Waals surface area contributed by atoms with Gasteiger partial charge in [0.05, 0.1) is 11.7 Å². The van der Waals surface area contributed by atoms with Crippen molar-refractivity contribution < 1.29 is 4.74 Å². The van der Waals surface area contributed by atoms with E-state index in [1.54, 1.807) is 0 Å². The van der Waals surface area contributed by atoms with E-state index in [1.807, 2.05) is 0 Å². The number of hydrogen-bond acceptors (Lipinski definition) is 1. The molecule has 1 nitrogen and oxygen atoms in total. The second-order valence-electron chi connectivity index (χ2n) is 4.19. The van der Waals surface area contributed by atoms with Crippen LogP contribution in [0.15, 0.2) is 0 Å². The fourth-order valence-corrected chi connectivity index (χ4v) is 2.71. The molecule has 0 unspecified atom stereocenters. The van der Waals surface area contributed by atoms with Crippen molar-refractivity contribution in [3.63, 3.8) is 0 Å². The summed E-state index contributed by atoms with van der Waals surface area (Å²) in [4.78, 5) is 0. The highest BCUT2D eigenvalue weighted by Crippen LogP contribution is 2.38. The van der Waals surface area contributed by atoms with Gasteiger partial charge in [-0.2, -0.15) is 0 Å². The Morgan fingerprint density at radius 1 is 1.17 bits per heavy atom. The Labute approximate surface area is 83.0 Å². The first-order valence-corrected chi connectivity index (χ1v) is 6.21. The van der Waals surface area contributed by atoms with Crippen LogP contribution in [-0.4, -0.2) is 17.0 Å². The van der Waals surface area contributed by atoms with Crippen molar-refractivity contribution in [2.24, 2.45) is 0 Å². The van der Waals surface area contributed by atoms with Gasteiger partial charge < -0.3 is 4.74 Å². The molecule has 0 amide bonds. The van der Waals surface area contributed by atoms with Crippen molar-refractivity contribution in [3.8, 4) is 0 Å². The summed E-state index contributed by atoms with van der Waals surface area (Å²) >= 11 is 3.60. The van der Waals surface area contributed by atoms with Crippen LogP contribution in [0.2, 0.25) is 0 Å². The van der Waals surface area contributed by atoms with Gasteiger partial charge in [-0.05, 0) is 25.7 Å². The molecule has 2 fully saturated rings. The van der Waals surface area contributed by atoms with Gasteiger partial charge in [0, 0.05) is 5.33 Å². The van der Waals surface area contributed by atoms with Crippen LogP contribution < -0.4 is 0 Å². The van der Waals surface area contributed by atoms with Crippen LogP contribution in [0, 0.1) is 0 Å². The normalized spacial score (nSPS) is 28.8. The molecule has 0 atom stereocenters. The molecule has 2 aliphatic rings. The summed E-state index contributed by atoms with van der Waals surface area (Å²) < 4.78 is 6.09. The van der Waals surface area contributed by atoms with E-state index in [2.05, 4.69) is 15.9 Å². The molecule has 2 saturated carbocycles. The van der Waals surface area contributed by atoms with Gasteiger partial charge in [-0.3, -0.25) is 0 Å². The van der Waals surface area contributed by atoms with Gasteiger partial charge in [-0.15, -0.1) is 0 Å². The van der Waals surface area contributed by atoms with E-state index in [9.17, 15) is 0 Å². The Bertz CT molecular complexity index is 148. The topological polar surface area (TPSA) is 9.23 Å². The van der Waals surface area contributed by atoms with Gasteiger partial charge in [0.25, 0.3) is 0 Å². The van der Waals surface area contributed by atoms with Crippen LogP contribution in [0.3, 0.4) is 0 Å². The molecule has 0 spiro atoms. The molecule has 70 valence electrons. The van der Waals surface area contributed by atoms with Crippen LogP contribution in [0.5, 0.6) is 0 Å². The third-order valence-electron chi connectivity index (χ3n) is 2.95. The highest BCUT2D eigenvalue weighted by atomic mass is 79.9. The average Bonchev–Trinajstić information content (AvgIpc) is 2.90. The van der Waals surface area contributed by atoms with Crippen LogP contribution in [0.25, 0.3) is 0 Å². The molecular formula is C10H17BrO. The first-order chi connectivity index (χ1) is 5.85. The smallest absolute Gasteiger partial charge is 0.0782 e. The van der Waals surface area contributed by atoms with Crippen LogP contribution >= 0.6 is 15.9 Å². The summed E-state index contributed by atoms with van der Waals surface area (Å²) in [6.07, 6.45) is 9.88. The molecule has 0 radical (unpaired) electrons. The van der Waals surface area contributed by atoms with Gasteiger partial charge in [-0.1, -0.05) is 35.2 Å². The van der Waals surface area contributed by atoms with E-state index in [0.717, 1.165) is 5.33 Å². The summed E-state index contributed by atoms with van der Waals surface area (Å²) in [5.41, 5.74) is 0.222. The van der Waals surface area contributed by atoms with Crippen molar-refractivity contribution in [1.29, 1.82) is 0 Å². The summed E-state index contributed by atoms with van der Waals surface area (Å²) in [6, 6.07) is 0. The Morgan fingerprint density at radius 3 is 2.33 bits per heavy atom. The SMILES string of the molecule is BrCC1(OC2CC2)CCCCC1. The molecule has 0 saturated heterocycles. The van der Waals surface area contributed by atoms with E-state index in [1.165, 1.54) is 44.9 Å². The Kier molecular flexibility index (Phi) is 2.75. The lowest BCUT2D eigenvalue weighted by Gasteiger charge is -2.35. The van der Waals surface area contributed by atoms with E-state index in [-0.39, 0.29) is 5.60 Å². The van der Waals surface area contributed by atoms with Gasteiger partial charge in [0.15, 0.2) is 0 Å². The molecule has 0 N–H and O–H groups in total. The minimum atomic E-state index is 0.222. The van der Waals surface area contributed by atoms with E-state index in [0.29, 0.717) is 6.10 Å². The molecule has 2 rings (SSSR count). The van der Waals surface area contributed by atoms with Gasteiger partial charge >= 0.3 is 0 Å². The van der Waals surface area contributed by atoms with E-state index >= 15 is 0 Å². The number of ether oxygens (including phenoxy) is 1. The molecule has 2 aliphatic carbocycles. The Hall–Kier alpha value is 0.440. The van der Waals surface area contributed by atoms with Crippen molar-refractivity contribution in [1.82, 2.24) is 0 Å². The van der Waals surface area contributed by atoms with Crippen LogP contribution in [0.1, 0.15) is 44.9 Å². The second-order valence-corrected chi connectivity index (χ2v) is 4.76. The summed E-state index contributed by atoms with van der Waals surface area (Å²) in [5, 5.41) is 1.04. The minimum absolute atomic E-state index is 0.222. The monoisotopic (exact) mass is 232 g/mol. The predicted molar refractivity (Wildman–Crippen MR) is 53.7 cm³/mol. The first kappa shape index (κ1) is 9.01. The molecule has 0 heterocycles. The van der Waals surface area contributed by atoms with Crippen LogP contribution in [0.4, 0.5) is 0 Å². The standard InChI is InChI=1S/C10H17BrO/c11-8-10(12-9-4-5-9)6-2-1-3-7-10/h9H,1-8H2.